The van der Waals surface area contributed by atoms with Crippen LogP contribution in [0.15, 0.2) is 82.1 Å². The van der Waals surface area contributed by atoms with E-state index in [2.05, 4.69) is 9.71 Å². The number of likely N-dealkylation sites (tertiary alicyclic amines) is 1. The van der Waals surface area contributed by atoms with Gasteiger partial charge in [0.1, 0.15) is 28.4 Å². The number of amides is 1. The molecule has 2 heterocycles. The SMILES string of the molecule is O=C1C(C2=NS(=O)(=O)c3ccccc3N2)C(=O)N(Cc2cccc(F)c2)[C@H]1c1ccc(F)cc1. The summed E-state index contributed by atoms with van der Waals surface area (Å²) in [6.45, 7) is -0.114. The highest BCUT2D eigenvalue weighted by atomic mass is 32.2. The van der Waals surface area contributed by atoms with Crippen LogP contribution in [-0.2, 0) is 26.2 Å². The summed E-state index contributed by atoms with van der Waals surface area (Å²) in [5, 5.41) is 2.81. The van der Waals surface area contributed by atoms with E-state index < -0.39 is 45.3 Å². The Morgan fingerprint density at radius 3 is 2.38 bits per heavy atom. The summed E-state index contributed by atoms with van der Waals surface area (Å²) in [7, 11) is -4.14. The van der Waals surface area contributed by atoms with Crippen molar-refractivity contribution in [1.29, 1.82) is 0 Å². The highest BCUT2D eigenvalue weighted by molar-refractivity contribution is 7.90. The summed E-state index contributed by atoms with van der Waals surface area (Å²) >= 11 is 0. The minimum atomic E-state index is -4.14. The molecule has 0 spiro atoms. The van der Waals surface area contributed by atoms with E-state index in [0.717, 1.165) is 12.1 Å². The number of amidine groups is 1. The second kappa shape index (κ2) is 8.14. The maximum atomic E-state index is 13.8. The van der Waals surface area contributed by atoms with Crippen molar-refractivity contribution in [1.82, 2.24) is 4.90 Å². The number of benzene rings is 3. The lowest BCUT2D eigenvalue weighted by molar-refractivity contribution is -0.131. The fourth-order valence-electron chi connectivity index (χ4n) is 4.23. The molecule has 3 aromatic carbocycles. The topological polar surface area (TPSA) is 95.9 Å². The summed E-state index contributed by atoms with van der Waals surface area (Å²) in [4.78, 5) is 28.2. The molecular weight excluding hydrogens is 464 g/mol. The lowest BCUT2D eigenvalue weighted by Crippen LogP contribution is -2.37. The number of halogens is 2. The van der Waals surface area contributed by atoms with Gasteiger partial charge in [-0.25, -0.2) is 8.78 Å². The van der Waals surface area contributed by atoms with Crippen LogP contribution in [-0.4, -0.2) is 30.8 Å². The minimum absolute atomic E-state index is 0.0663. The number of carbonyl (C=O) groups excluding carboxylic acids is 2. The van der Waals surface area contributed by atoms with Crippen LogP contribution in [0.1, 0.15) is 17.2 Å². The first-order chi connectivity index (χ1) is 16.2. The molecule has 1 fully saturated rings. The zero-order valence-corrected chi connectivity index (χ0v) is 18.3. The Bertz CT molecular complexity index is 1460. The molecule has 3 aromatic rings. The van der Waals surface area contributed by atoms with E-state index in [1.54, 1.807) is 12.1 Å². The van der Waals surface area contributed by atoms with Crippen molar-refractivity contribution in [2.75, 3.05) is 5.32 Å². The van der Waals surface area contributed by atoms with Gasteiger partial charge in [-0.2, -0.15) is 8.42 Å². The minimum Gasteiger partial charge on any atom is -0.341 e. The van der Waals surface area contributed by atoms with Crippen LogP contribution in [0.5, 0.6) is 0 Å². The summed E-state index contributed by atoms with van der Waals surface area (Å²) in [6, 6.07) is 15.6. The number of nitrogens with zero attached hydrogens (tertiary/aromatic N) is 2. The molecule has 0 bridgehead atoms. The van der Waals surface area contributed by atoms with E-state index in [9.17, 15) is 26.8 Å². The highest BCUT2D eigenvalue weighted by Gasteiger charge is 2.51. The van der Waals surface area contributed by atoms with E-state index in [1.807, 2.05) is 0 Å². The first-order valence-electron chi connectivity index (χ1n) is 10.3. The average molecular weight is 481 g/mol. The molecule has 0 saturated carbocycles. The first kappa shape index (κ1) is 21.9. The number of fused-ring (bicyclic) bond motifs is 1. The first-order valence-corrected chi connectivity index (χ1v) is 11.7. The van der Waals surface area contributed by atoms with Gasteiger partial charge in [0.25, 0.3) is 10.0 Å². The predicted octanol–water partition coefficient (Wildman–Crippen LogP) is 3.45. The number of nitrogens with one attached hydrogen (secondary N) is 1. The molecule has 0 aromatic heterocycles. The molecule has 1 unspecified atom stereocenters. The van der Waals surface area contributed by atoms with Crippen molar-refractivity contribution < 1.29 is 26.8 Å². The van der Waals surface area contributed by atoms with Gasteiger partial charge in [-0.05, 0) is 47.5 Å². The number of hydrogen-bond donors (Lipinski definition) is 1. The van der Waals surface area contributed by atoms with Crippen molar-refractivity contribution in [2.45, 2.75) is 17.5 Å². The quantitative estimate of drug-likeness (QED) is 0.576. The van der Waals surface area contributed by atoms with Gasteiger partial charge in [-0.15, -0.1) is 4.40 Å². The largest absolute Gasteiger partial charge is 0.341 e. The van der Waals surface area contributed by atoms with E-state index in [1.165, 1.54) is 53.4 Å². The number of hydrogen-bond acceptors (Lipinski definition) is 5. The number of sulfonamides is 1. The monoisotopic (exact) mass is 481 g/mol. The fourth-order valence-corrected chi connectivity index (χ4v) is 5.38. The maximum Gasteiger partial charge on any atom is 0.286 e. The number of anilines is 1. The number of para-hydroxylation sites is 1. The van der Waals surface area contributed by atoms with Crippen LogP contribution in [0.25, 0.3) is 0 Å². The smallest absolute Gasteiger partial charge is 0.286 e. The zero-order chi connectivity index (χ0) is 24.0. The summed E-state index contributed by atoms with van der Waals surface area (Å²) in [5.41, 5.74) is 0.985. The zero-order valence-electron chi connectivity index (χ0n) is 17.5. The Balaban J connectivity index is 1.58. The van der Waals surface area contributed by atoms with Crippen molar-refractivity contribution in [2.24, 2.45) is 10.3 Å². The Hall–Kier alpha value is -3.92. The molecule has 2 aliphatic heterocycles. The highest BCUT2D eigenvalue weighted by Crippen LogP contribution is 2.38. The predicted molar refractivity (Wildman–Crippen MR) is 119 cm³/mol. The Morgan fingerprint density at radius 1 is 0.912 bits per heavy atom. The molecule has 1 saturated heterocycles. The van der Waals surface area contributed by atoms with E-state index in [0.29, 0.717) is 11.1 Å². The number of carbonyl (C=O) groups is 2. The molecule has 1 amide bonds. The molecule has 1 N–H and O–H groups in total. The van der Waals surface area contributed by atoms with Gasteiger partial charge in [-0.1, -0.05) is 36.4 Å². The molecule has 0 aliphatic carbocycles. The lowest BCUT2D eigenvalue weighted by Gasteiger charge is -2.24. The Kier molecular flexibility index (Phi) is 5.24. The second-order valence-electron chi connectivity index (χ2n) is 7.96. The standard InChI is InChI=1S/C24H17F2N3O4S/c25-16-10-8-15(9-11-16)21-22(30)20(24(31)29(21)13-14-4-3-5-17(26)12-14)23-27-18-6-1-2-7-19(18)34(32,33)28-23/h1-12,20-21H,13H2,(H,27,28)/t20?,21-/m0/s1. The third-order valence-electron chi connectivity index (χ3n) is 5.74. The summed E-state index contributed by atoms with van der Waals surface area (Å²) in [6.07, 6.45) is 0. The van der Waals surface area contributed by atoms with E-state index in [-0.39, 0.29) is 23.0 Å². The van der Waals surface area contributed by atoms with Gasteiger partial charge in [-0.3, -0.25) is 9.59 Å². The van der Waals surface area contributed by atoms with Gasteiger partial charge in [0.15, 0.2) is 11.7 Å². The lowest BCUT2D eigenvalue weighted by atomic mass is 9.96. The van der Waals surface area contributed by atoms with E-state index in [4.69, 9.17) is 0 Å². The Morgan fingerprint density at radius 2 is 1.65 bits per heavy atom. The molecule has 34 heavy (non-hydrogen) atoms. The van der Waals surface area contributed by atoms with Gasteiger partial charge < -0.3 is 10.2 Å². The molecule has 172 valence electrons. The molecular formula is C24H17F2N3O4S. The van der Waals surface area contributed by atoms with Gasteiger partial charge >= 0.3 is 0 Å². The average Bonchev–Trinajstić information content (AvgIpc) is 3.03. The van der Waals surface area contributed by atoms with Crippen LogP contribution in [0.2, 0.25) is 0 Å². The fraction of sp³-hybridized carbons (Fsp3) is 0.125. The molecule has 7 nitrogen and oxygen atoms in total. The van der Waals surface area contributed by atoms with Crippen molar-refractivity contribution >= 4 is 33.2 Å². The van der Waals surface area contributed by atoms with Crippen LogP contribution in [0.4, 0.5) is 14.5 Å². The summed E-state index contributed by atoms with van der Waals surface area (Å²) < 4.78 is 56.4. The number of rotatable bonds is 4. The number of ketones is 1. The number of Topliss-reactive ketones (excluding diaryl/α,β-unsaturated/α-hetero) is 1. The molecule has 0 radical (unpaired) electrons. The molecule has 10 heteroatoms. The van der Waals surface area contributed by atoms with Crippen LogP contribution >= 0.6 is 0 Å². The summed E-state index contributed by atoms with van der Waals surface area (Å²) in [5.74, 6) is -4.16. The van der Waals surface area contributed by atoms with Gasteiger partial charge in [0, 0.05) is 6.54 Å². The van der Waals surface area contributed by atoms with Crippen molar-refractivity contribution in [3.63, 3.8) is 0 Å². The van der Waals surface area contributed by atoms with Gasteiger partial charge in [0.05, 0.1) is 5.69 Å². The van der Waals surface area contributed by atoms with Crippen molar-refractivity contribution in [3.05, 3.63) is 95.6 Å². The third-order valence-corrected chi connectivity index (χ3v) is 7.09. The van der Waals surface area contributed by atoms with E-state index >= 15 is 0 Å². The van der Waals surface area contributed by atoms with Gasteiger partial charge in [0.2, 0.25) is 5.91 Å². The third kappa shape index (κ3) is 3.75. The molecule has 2 atom stereocenters. The molecule has 5 rings (SSSR count). The second-order valence-corrected chi connectivity index (χ2v) is 9.53. The maximum absolute atomic E-state index is 13.8. The van der Waals surface area contributed by atoms with Crippen LogP contribution in [0, 0.1) is 17.6 Å². The normalized spacial score (nSPS) is 21.1. The molecule has 2 aliphatic rings. The van der Waals surface area contributed by atoms with Crippen LogP contribution < -0.4 is 5.32 Å². The Labute approximate surface area is 193 Å². The van der Waals surface area contributed by atoms with Crippen LogP contribution in [0.3, 0.4) is 0 Å². The van der Waals surface area contributed by atoms with Crippen molar-refractivity contribution in [3.8, 4) is 0 Å².